The molecule has 0 aliphatic heterocycles. The number of hydrogen-bond acceptors (Lipinski definition) is 5. The average molecular weight is 388 g/mol. The number of nitrogens with one attached hydrogen (secondary N) is 1. The van der Waals surface area contributed by atoms with Crippen LogP contribution in [0.2, 0.25) is 5.02 Å². The summed E-state index contributed by atoms with van der Waals surface area (Å²) in [7, 11) is 0. The normalized spacial score (nSPS) is 10.8. The first-order chi connectivity index (χ1) is 12.4. The van der Waals surface area contributed by atoms with Crippen molar-refractivity contribution in [3.8, 4) is 11.5 Å². The van der Waals surface area contributed by atoms with Crippen LogP contribution < -0.4 is 5.32 Å². The van der Waals surface area contributed by atoms with E-state index in [9.17, 15) is 4.79 Å². The smallest absolute Gasteiger partial charge is 0.277 e. The van der Waals surface area contributed by atoms with E-state index in [1.807, 2.05) is 32.0 Å². The van der Waals surface area contributed by atoms with Gasteiger partial charge in [-0.2, -0.15) is 0 Å². The molecule has 2 aromatic carbocycles. The van der Waals surface area contributed by atoms with Crippen molar-refractivity contribution in [2.45, 2.75) is 26.0 Å². The number of aryl methyl sites for hydroxylation is 3. The molecule has 1 N–H and O–H groups in total. The molecule has 1 aromatic heterocycles. The van der Waals surface area contributed by atoms with Crippen LogP contribution >= 0.6 is 23.4 Å². The lowest BCUT2D eigenvalue weighted by Crippen LogP contribution is -2.14. The number of carbonyl (C=O) groups is 1. The van der Waals surface area contributed by atoms with E-state index >= 15 is 0 Å². The fourth-order valence-corrected chi connectivity index (χ4v) is 3.13. The molecule has 0 atom stereocenters. The molecule has 3 rings (SSSR count). The van der Waals surface area contributed by atoms with Crippen LogP contribution in [0.5, 0.6) is 0 Å². The molecule has 0 saturated carbocycles. The minimum absolute atomic E-state index is 0.147. The van der Waals surface area contributed by atoms with Gasteiger partial charge in [0.1, 0.15) is 0 Å². The molecule has 0 unspecified atom stereocenters. The number of benzene rings is 2. The largest absolute Gasteiger partial charge is 0.411 e. The maximum Gasteiger partial charge on any atom is 0.277 e. The lowest BCUT2D eigenvalue weighted by atomic mass is 10.1. The molecule has 0 saturated heterocycles. The van der Waals surface area contributed by atoms with E-state index in [4.69, 9.17) is 16.0 Å². The van der Waals surface area contributed by atoms with Crippen LogP contribution in [0.25, 0.3) is 11.5 Å². The van der Waals surface area contributed by atoms with Gasteiger partial charge in [-0.1, -0.05) is 29.4 Å². The minimum Gasteiger partial charge on any atom is -0.411 e. The molecule has 26 heavy (non-hydrogen) atoms. The number of halogens is 1. The number of aromatic nitrogens is 2. The Kier molecular flexibility index (Phi) is 5.64. The van der Waals surface area contributed by atoms with Crippen molar-refractivity contribution < 1.29 is 9.21 Å². The monoisotopic (exact) mass is 387 g/mol. The fraction of sp³-hybridized carbons (Fsp3) is 0.211. The Morgan fingerprint density at radius 3 is 2.62 bits per heavy atom. The zero-order valence-corrected chi connectivity index (χ0v) is 16.2. The molecule has 0 spiro atoms. The molecule has 7 heteroatoms. The van der Waals surface area contributed by atoms with E-state index in [1.165, 1.54) is 17.3 Å². The van der Waals surface area contributed by atoms with Gasteiger partial charge in [-0.25, -0.2) is 0 Å². The molecule has 0 fully saturated rings. The van der Waals surface area contributed by atoms with Gasteiger partial charge in [-0.3, -0.25) is 4.79 Å². The van der Waals surface area contributed by atoms with E-state index < -0.39 is 0 Å². The highest BCUT2D eigenvalue weighted by atomic mass is 35.5. The van der Waals surface area contributed by atoms with Crippen molar-refractivity contribution in [2.24, 2.45) is 0 Å². The average Bonchev–Trinajstić information content (AvgIpc) is 3.07. The van der Waals surface area contributed by atoms with Crippen molar-refractivity contribution in [1.29, 1.82) is 0 Å². The quantitative estimate of drug-likeness (QED) is 0.620. The Morgan fingerprint density at radius 2 is 1.88 bits per heavy atom. The molecule has 3 aromatic rings. The van der Waals surface area contributed by atoms with Crippen LogP contribution in [0.1, 0.15) is 16.7 Å². The molecule has 0 aliphatic rings. The number of hydrogen-bond donors (Lipinski definition) is 1. The second-order valence-corrected chi connectivity index (χ2v) is 7.33. The number of nitrogens with zero attached hydrogens (tertiary/aromatic N) is 2. The lowest BCUT2D eigenvalue weighted by Gasteiger charge is -2.07. The van der Waals surface area contributed by atoms with Crippen molar-refractivity contribution in [1.82, 2.24) is 10.2 Å². The van der Waals surface area contributed by atoms with Gasteiger partial charge in [0.2, 0.25) is 11.8 Å². The Labute approximate surface area is 161 Å². The minimum atomic E-state index is -0.147. The van der Waals surface area contributed by atoms with Crippen LogP contribution in [-0.2, 0) is 4.79 Å². The Hall–Kier alpha value is -2.31. The van der Waals surface area contributed by atoms with Crippen LogP contribution in [0.4, 0.5) is 5.69 Å². The predicted molar refractivity (Wildman–Crippen MR) is 105 cm³/mol. The Balaban J connectivity index is 1.60. The molecule has 0 aliphatic carbocycles. The third kappa shape index (κ3) is 4.45. The number of rotatable bonds is 5. The molecule has 1 amide bonds. The molecular weight excluding hydrogens is 370 g/mol. The van der Waals surface area contributed by atoms with Gasteiger partial charge in [0.15, 0.2) is 0 Å². The first-order valence-corrected chi connectivity index (χ1v) is 9.38. The summed E-state index contributed by atoms with van der Waals surface area (Å²) in [6.45, 7) is 5.98. The maximum absolute atomic E-state index is 12.1. The highest BCUT2D eigenvalue weighted by Crippen LogP contribution is 2.25. The second-order valence-electron chi connectivity index (χ2n) is 5.97. The van der Waals surface area contributed by atoms with Gasteiger partial charge in [-0.05, 0) is 67.8 Å². The number of amides is 1. The summed E-state index contributed by atoms with van der Waals surface area (Å²) in [5.41, 5.74) is 4.88. The number of thioether (sulfide) groups is 1. The van der Waals surface area contributed by atoms with Gasteiger partial charge in [0.05, 0.1) is 5.75 Å². The third-order valence-electron chi connectivity index (χ3n) is 3.95. The van der Waals surface area contributed by atoms with Gasteiger partial charge in [-0.15, -0.1) is 10.2 Å². The van der Waals surface area contributed by atoms with E-state index in [0.29, 0.717) is 16.1 Å². The summed E-state index contributed by atoms with van der Waals surface area (Å²) in [6, 6.07) is 11.3. The lowest BCUT2D eigenvalue weighted by molar-refractivity contribution is -0.113. The van der Waals surface area contributed by atoms with Crippen molar-refractivity contribution >= 4 is 35.0 Å². The van der Waals surface area contributed by atoms with Crippen LogP contribution in [0.15, 0.2) is 46.0 Å². The molecule has 0 radical (unpaired) electrons. The van der Waals surface area contributed by atoms with Gasteiger partial charge in [0, 0.05) is 16.3 Å². The van der Waals surface area contributed by atoms with E-state index in [-0.39, 0.29) is 11.7 Å². The van der Waals surface area contributed by atoms with Crippen molar-refractivity contribution in [2.75, 3.05) is 11.1 Å². The summed E-state index contributed by atoms with van der Waals surface area (Å²) < 4.78 is 5.65. The van der Waals surface area contributed by atoms with Crippen LogP contribution in [0.3, 0.4) is 0 Å². The van der Waals surface area contributed by atoms with Crippen molar-refractivity contribution in [3.63, 3.8) is 0 Å². The summed E-state index contributed by atoms with van der Waals surface area (Å²) in [4.78, 5) is 12.1. The highest BCUT2D eigenvalue weighted by molar-refractivity contribution is 7.99. The molecule has 0 bridgehead atoms. The van der Waals surface area contributed by atoms with Gasteiger partial charge >= 0.3 is 0 Å². The summed E-state index contributed by atoms with van der Waals surface area (Å²) in [6.07, 6.45) is 0. The SMILES string of the molecule is Cc1ccc(-c2nnc(SCC(=O)Nc3ccc(Cl)cc3C)o2)cc1C. The maximum atomic E-state index is 12.1. The molecular formula is C19H18ClN3O2S. The number of anilines is 1. The number of carbonyl (C=O) groups excluding carboxylic acids is 1. The Morgan fingerprint density at radius 1 is 1.08 bits per heavy atom. The van der Waals surface area contributed by atoms with Crippen LogP contribution in [-0.4, -0.2) is 21.9 Å². The van der Waals surface area contributed by atoms with Gasteiger partial charge < -0.3 is 9.73 Å². The predicted octanol–water partition coefficient (Wildman–Crippen LogP) is 5.05. The van der Waals surface area contributed by atoms with Crippen LogP contribution in [0, 0.1) is 20.8 Å². The second kappa shape index (κ2) is 7.93. The third-order valence-corrected chi connectivity index (χ3v) is 5.00. The van der Waals surface area contributed by atoms with E-state index in [2.05, 4.69) is 22.4 Å². The van der Waals surface area contributed by atoms with E-state index in [0.717, 1.165) is 22.4 Å². The topological polar surface area (TPSA) is 68.0 Å². The van der Waals surface area contributed by atoms with E-state index in [1.54, 1.807) is 18.2 Å². The molecule has 5 nitrogen and oxygen atoms in total. The molecule has 134 valence electrons. The highest BCUT2D eigenvalue weighted by Gasteiger charge is 2.12. The summed E-state index contributed by atoms with van der Waals surface area (Å²) >= 11 is 7.12. The standard InChI is InChI=1S/C19H18ClN3O2S/c1-11-4-5-14(8-12(11)2)18-22-23-19(25-18)26-10-17(24)21-16-7-6-15(20)9-13(16)3/h4-9H,10H2,1-3H3,(H,21,24). The first kappa shape index (κ1) is 18.5. The summed E-state index contributed by atoms with van der Waals surface area (Å²) in [5, 5.41) is 11.9. The Bertz CT molecular complexity index is 956. The fourth-order valence-electron chi connectivity index (χ4n) is 2.34. The first-order valence-electron chi connectivity index (χ1n) is 8.02. The van der Waals surface area contributed by atoms with Gasteiger partial charge in [0.25, 0.3) is 5.22 Å². The van der Waals surface area contributed by atoms with Crippen molar-refractivity contribution in [3.05, 3.63) is 58.1 Å². The zero-order valence-electron chi connectivity index (χ0n) is 14.7. The molecule has 1 heterocycles. The zero-order chi connectivity index (χ0) is 18.7. The summed E-state index contributed by atoms with van der Waals surface area (Å²) in [5.74, 6) is 0.479.